The first-order chi connectivity index (χ1) is 6.58. The van der Waals surface area contributed by atoms with Gasteiger partial charge in [0.15, 0.2) is 0 Å². The van der Waals surface area contributed by atoms with E-state index in [1.807, 2.05) is 24.4 Å². The predicted octanol–water partition coefficient (Wildman–Crippen LogP) is 3.32. The Morgan fingerprint density at radius 1 is 1.29 bits per heavy atom. The maximum Gasteiger partial charge on any atom is 0.125 e. The van der Waals surface area contributed by atoms with Crippen molar-refractivity contribution in [3.8, 4) is 0 Å². The van der Waals surface area contributed by atoms with Crippen LogP contribution in [0, 0.1) is 5.41 Å². The van der Waals surface area contributed by atoms with Crippen molar-refractivity contribution in [2.75, 3.05) is 11.9 Å². The molecule has 1 aromatic heterocycles. The van der Waals surface area contributed by atoms with Gasteiger partial charge in [-0.3, -0.25) is 0 Å². The smallest absolute Gasteiger partial charge is 0.125 e. The third-order valence-electron chi connectivity index (χ3n) is 2.07. The SMILES string of the molecule is CC(C)(C)CCCNc1ccccn1. The molecule has 0 aliphatic rings. The minimum atomic E-state index is 0.436. The second-order valence-electron chi connectivity index (χ2n) is 4.81. The lowest BCUT2D eigenvalue weighted by Gasteiger charge is -2.17. The number of pyridine rings is 1. The van der Waals surface area contributed by atoms with Crippen molar-refractivity contribution < 1.29 is 0 Å². The summed E-state index contributed by atoms with van der Waals surface area (Å²) in [7, 11) is 0. The van der Waals surface area contributed by atoms with E-state index in [-0.39, 0.29) is 0 Å². The number of hydrogen-bond acceptors (Lipinski definition) is 2. The summed E-state index contributed by atoms with van der Waals surface area (Å²) in [6.07, 6.45) is 4.25. The summed E-state index contributed by atoms with van der Waals surface area (Å²) in [6, 6.07) is 5.93. The molecule has 0 spiro atoms. The van der Waals surface area contributed by atoms with Crippen LogP contribution in [-0.2, 0) is 0 Å². The van der Waals surface area contributed by atoms with Crippen LogP contribution in [0.15, 0.2) is 24.4 Å². The Bertz CT molecular complexity index is 249. The summed E-state index contributed by atoms with van der Waals surface area (Å²) in [4.78, 5) is 4.20. The molecule has 1 rings (SSSR count). The molecule has 2 heteroatoms. The molecule has 1 aromatic rings. The zero-order valence-electron chi connectivity index (χ0n) is 9.38. The fourth-order valence-corrected chi connectivity index (χ4v) is 1.30. The average Bonchev–Trinajstić information content (AvgIpc) is 2.13. The van der Waals surface area contributed by atoms with Crippen LogP contribution in [0.1, 0.15) is 33.6 Å². The van der Waals surface area contributed by atoms with Gasteiger partial charge in [0, 0.05) is 12.7 Å². The highest BCUT2D eigenvalue weighted by molar-refractivity contribution is 5.32. The number of nitrogens with zero attached hydrogens (tertiary/aromatic N) is 1. The van der Waals surface area contributed by atoms with Gasteiger partial charge in [0.2, 0.25) is 0 Å². The molecule has 0 saturated heterocycles. The quantitative estimate of drug-likeness (QED) is 0.740. The molecule has 0 fully saturated rings. The molecular formula is C12H20N2. The van der Waals surface area contributed by atoms with E-state index in [0.717, 1.165) is 12.4 Å². The van der Waals surface area contributed by atoms with Gasteiger partial charge >= 0.3 is 0 Å². The number of hydrogen-bond donors (Lipinski definition) is 1. The van der Waals surface area contributed by atoms with E-state index in [4.69, 9.17) is 0 Å². The summed E-state index contributed by atoms with van der Waals surface area (Å²) in [5.74, 6) is 0.974. The molecule has 78 valence electrons. The van der Waals surface area contributed by atoms with Crippen molar-refractivity contribution in [2.24, 2.45) is 5.41 Å². The van der Waals surface area contributed by atoms with Crippen LogP contribution in [0.2, 0.25) is 0 Å². The van der Waals surface area contributed by atoms with E-state index in [1.54, 1.807) is 0 Å². The Morgan fingerprint density at radius 3 is 2.64 bits per heavy atom. The summed E-state index contributed by atoms with van der Waals surface area (Å²) in [5.41, 5.74) is 0.436. The van der Waals surface area contributed by atoms with Crippen molar-refractivity contribution in [2.45, 2.75) is 33.6 Å². The lowest BCUT2D eigenvalue weighted by Crippen LogP contribution is -2.09. The molecular weight excluding hydrogens is 172 g/mol. The standard InChI is InChI=1S/C12H20N2/c1-12(2,3)8-6-10-14-11-7-4-5-9-13-11/h4-5,7,9H,6,8,10H2,1-3H3,(H,13,14). The number of aromatic nitrogens is 1. The highest BCUT2D eigenvalue weighted by Crippen LogP contribution is 2.20. The third-order valence-corrected chi connectivity index (χ3v) is 2.07. The molecule has 1 N–H and O–H groups in total. The largest absolute Gasteiger partial charge is 0.370 e. The normalized spacial score (nSPS) is 11.4. The van der Waals surface area contributed by atoms with Gasteiger partial charge in [-0.2, -0.15) is 0 Å². The third kappa shape index (κ3) is 4.85. The lowest BCUT2D eigenvalue weighted by atomic mass is 9.91. The summed E-state index contributed by atoms with van der Waals surface area (Å²) in [5, 5.41) is 3.31. The Balaban J connectivity index is 2.17. The molecule has 0 aliphatic carbocycles. The summed E-state index contributed by atoms with van der Waals surface area (Å²) < 4.78 is 0. The molecule has 1 heterocycles. The van der Waals surface area contributed by atoms with E-state index in [0.29, 0.717) is 5.41 Å². The van der Waals surface area contributed by atoms with E-state index in [9.17, 15) is 0 Å². The summed E-state index contributed by atoms with van der Waals surface area (Å²) in [6.45, 7) is 7.82. The van der Waals surface area contributed by atoms with Crippen LogP contribution in [0.5, 0.6) is 0 Å². The molecule has 0 aliphatic heterocycles. The maximum atomic E-state index is 4.20. The molecule has 0 saturated carbocycles. The van der Waals surface area contributed by atoms with Gasteiger partial charge in [0.05, 0.1) is 0 Å². The Labute approximate surface area is 86.8 Å². The Morgan fingerprint density at radius 2 is 2.07 bits per heavy atom. The van der Waals surface area contributed by atoms with Crippen molar-refractivity contribution in [3.63, 3.8) is 0 Å². The van der Waals surface area contributed by atoms with E-state index in [2.05, 4.69) is 31.1 Å². The monoisotopic (exact) mass is 192 g/mol. The van der Waals surface area contributed by atoms with Crippen molar-refractivity contribution in [1.29, 1.82) is 0 Å². The first-order valence-corrected chi connectivity index (χ1v) is 5.23. The fourth-order valence-electron chi connectivity index (χ4n) is 1.30. The van der Waals surface area contributed by atoms with Gasteiger partial charge in [-0.1, -0.05) is 26.8 Å². The van der Waals surface area contributed by atoms with Gasteiger partial charge in [0.1, 0.15) is 5.82 Å². The van der Waals surface area contributed by atoms with Crippen LogP contribution in [0.3, 0.4) is 0 Å². The van der Waals surface area contributed by atoms with Crippen LogP contribution in [-0.4, -0.2) is 11.5 Å². The van der Waals surface area contributed by atoms with E-state index in [1.165, 1.54) is 12.8 Å². The highest BCUT2D eigenvalue weighted by atomic mass is 15.0. The minimum absolute atomic E-state index is 0.436. The van der Waals surface area contributed by atoms with Crippen LogP contribution >= 0.6 is 0 Å². The van der Waals surface area contributed by atoms with Gasteiger partial charge in [-0.05, 0) is 30.4 Å². The molecule has 14 heavy (non-hydrogen) atoms. The molecule has 0 unspecified atom stereocenters. The second kappa shape index (κ2) is 4.99. The van der Waals surface area contributed by atoms with Gasteiger partial charge in [0.25, 0.3) is 0 Å². The first-order valence-electron chi connectivity index (χ1n) is 5.23. The van der Waals surface area contributed by atoms with E-state index < -0.39 is 0 Å². The lowest BCUT2D eigenvalue weighted by molar-refractivity contribution is 0.370. The molecule has 0 atom stereocenters. The number of anilines is 1. The van der Waals surface area contributed by atoms with E-state index >= 15 is 0 Å². The van der Waals surface area contributed by atoms with Gasteiger partial charge in [-0.15, -0.1) is 0 Å². The Hall–Kier alpha value is -1.05. The van der Waals surface area contributed by atoms with Crippen molar-refractivity contribution in [3.05, 3.63) is 24.4 Å². The zero-order chi connectivity index (χ0) is 10.4. The highest BCUT2D eigenvalue weighted by Gasteiger charge is 2.08. The fraction of sp³-hybridized carbons (Fsp3) is 0.583. The second-order valence-corrected chi connectivity index (χ2v) is 4.81. The molecule has 0 bridgehead atoms. The Kier molecular flexibility index (Phi) is 3.93. The van der Waals surface area contributed by atoms with Crippen LogP contribution in [0.4, 0.5) is 5.82 Å². The number of rotatable bonds is 4. The minimum Gasteiger partial charge on any atom is -0.370 e. The van der Waals surface area contributed by atoms with Gasteiger partial charge < -0.3 is 5.32 Å². The topological polar surface area (TPSA) is 24.9 Å². The first kappa shape index (κ1) is 11.0. The maximum absolute atomic E-state index is 4.20. The van der Waals surface area contributed by atoms with Crippen molar-refractivity contribution in [1.82, 2.24) is 4.98 Å². The molecule has 2 nitrogen and oxygen atoms in total. The zero-order valence-corrected chi connectivity index (χ0v) is 9.38. The molecule has 0 aromatic carbocycles. The van der Waals surface area contributed by atoms with Crippen LogP contribution in [0.25, 0.3) is 0 Å². The molecule has 0 radical (unpaired) electrons. The molecule has 0 amide bonds. The average molecular weight is 192 g/mol. The van der Waals surface area contributed by atoms with Crippen LogP contribution < -0.4 is 5.32 Å². The van der Waals surface area contributed by atoms with Crippen molar-refractivity contribution >= 4 is 5.82 Å². The summed E-state index contributed by atoms with van der Waals surface area (Å²) >= 11 is 0. The van der Waals surface area contributed by atoms with Gasteiger partial charge in [-0.25, -0.2) is 4.98 Å². The number of nitrogens with one attached hydrogen (secondary N) is 1. The predicted molar refractivity (Wildman–Crippen MR) is 61.4 cm³/mol.